The molecule has 6 N–H and O–H groups in total. The summed E-state index contributed by atoms with van der Waals surface area (Å²) in [7, 11) is 0. The van der Waals surface area contributed by atoms with E-state index in [0.717, 1.165) is 9.79 Å². The van der Waals surface area contributed by atoms with Crippen LogP contribution in [0.2, 0.25) is 5.02 Å². The highest BCUT2D eigenvalue weighted by Gasteiger charge is 2.06. The van der Waals surface area contributed by atoms with Gasteiger partial charge in [-0.2, -0.15) is 0 Å². The summed E-state index contributed by atoms with van der Waals surface area (Å²) in [5.74, 6) is 0. The average molecular weight is 266 g/mol. The highest BCUT2D eigenvalue weighted by Crippen LogP contribution is 2.37. The lowest BCUT2D eigenvalue weighted by atomic mass is 10.3. The van der Waals surface area contributed by atoms with Crippen molar-refractivity contribution in [3.05, 3.63) is 41.4 Å². The minimum absolute atomic E-state index is 0.644. The van der Waals surface area contributed by atoms with Gasteiger partial charge in [-0.3, -0.25) is 0 Å². The van der Waals surface area contributed by atoms with Crippen LogP contribution in [0.15, 0.2) is 46.2 Å². The summed E-state index contributed by atoms with van der Waals surface area (Å²) in [5, 5.41) is 0.644. The molecule has 0 unspecified atom stereocenters. The number of benzene rings is 2. The van der Waals surface area contributed by atoms with Crippen molar-refractivity contribution in [1.29, 1.82) is 0 Å². The molecule has 5 heteroatoms. The number of hydrogen-bond acceptors (Lipinski definition) is 4. The number of halogens is 1. The molecule has 0 aliphatic rings. The molecule has 3 nitrogen and oxygen atoms in total. The van der Waals surface area contributed by atoms with E-state index >= 15 is 0 Å². The predicted molar refractivity (Wildman–Crippen MR) is 75.3 cm³/mol. The minimum Gasteiger partial charge on any atom is -0.399 e. The van der Waals surface area contributed by atoms with Crippen LogP contribution in [0.25, 0.3) is 0 Å². The van der Waals surface area contributed by atoms with Crippen LogP contribution in [-0.4, -0.2) is 0 Å². The van der Waals surface area contributed by atoms with Crippen molar-refractivity contribution < 1.29 is 0 Å². The first-order valence-electron chi connectivity index (χ1n) is 4.94. The molecule has 0 radical (unpaired) electrons. The maximum atomic E-state index is 6.09. The first-order valence-corrected chi connectivity index (χ1v) is 6.13. The summed E-state index contributed by atoms with van der Waals surface area (Å²) in [6.07, 6.45) is 0. The predicted octanol–water partition coefficient (Wildman–Crippen LogP) is 3.24. The van der Waals surface area contributed by atoms with E-state index in [1.807, 2.05) is 12.1 Å². The van der Waals surface area contributed by atoms with Crippen LogP contribution in [0.4, 0.5) is 17.1 Å². The zero-order valence-corrected chi connectivity index (χ0v) is 10.6. The van der Waals surface area contributed by atoms with Gasteiger partial charge in [-0.05, 0) is 36.4 Å². The van der Waals surface area contributed by atoms with Gasteiger partial charge < -0.3 is 17.2 Å². The Hall–Kier alpha value is -1.52. The van der Waals surface area contributed by atoms with Crippen molar-refractivity contribution >= 4 is 40.4 Å². The number of hydrogen-bond donors (Lipinski definition) is 3. The maximum Gasteiger partial charge on any atom is 0.0547 e. The zero-order valence-electron chi connectivity index (χ0n) is 8.98. The SMILES string of the molecule is Nc1ccc(N)c(Sc2cc(N)ccc2Cl)c1. The quantitative estimate of drug-likeness (QED) is 0.729. The van der Waals surface area contributed by atoms with Crippen molar-refractivity contribution in [2.75, 3.05) is 17.2 Å². The van der Waals surface area contributed by atoms with Crippen molar-refractivity contribution in [2.45, 2.75) is 9.79 Å². The molecule has 0 bridgehead atoms. The molecule has 0 amide bonds. The molecule has 0 spiro atoms. The Morgan fingerprint density at radius 3 is 2.12 bits per heavy atom. The topological polar surface area (TPSA) is 78.1 Å². The molecule has 0 atom stereocenters. The summed E-state index contributed by atoms with van der Waals surface area (Å²) in [6, 6.07) is 10.7. The van der Waals surface area contributed by atoms with E-state index in [-0.39, 0.29) is 0 Å². The Morgan fingerprint density at radius 1 is 0.824 bits per heavy atom. The third kappa shape index (κ3) is 2.78. The maximum absolute atomic E-state index is 6.09. The Balaban J connectivity index is 2.37. The fourth-order valence-electron chi connectivity index (χ4n) is 1.36. The first-order chi connectivity index (χ1) is 8.06. The van der Waals surface area contributed by atoms with Gasteiger partial charge in [-0.25, -0.2) is 0 Å². The summed E-state index contributed by atoms with van der Waals surface area (Å²) in [4.78, 5) is 1.74. The Labute approximate surface area is 109 Å². The number of rotatable bonds is 2. The lowest BCUT2D eigenvalue weighted by Gasteiger charge is -2.08. The van der Waals surface area contributed by atoms with E-state index in [1.165, 1.54) is 11.8 Å². The van der Waals surface area contributed by atoms with Crippen molar-refractivity contribution in [1.82, 2.24) is 0 Å². The fraction of sp³-hybridized carbons (Fsp3) is 0. The van der Waals surface area contributed by atoms with Crippen LogP contribution < -0.4 is 17.2 Å². The van der Waals surface area contributed by atoms with Gasteiger partial charge >= 0.3 is 0 Å². The third-order valence-electron chi connectivity index (χ3n) is 2.21. The number of nitrogens with two attached hydrogens (primary N) is 3. The minimum atomic E-state index is 0.644. The van der Waals surface area contributed by atoms with Gasteiger partial charge in [-0.1, -0.05) is 23.4 Å². The molecule has 0 saturated carbocycles. The van der Waals surface area contributed by atoms with E-state index in [1.54, 1.807) is 24.3 Å². The van der Waals surface area contributed by atoms with Gasteiger partial charge in [-0.15, -0.1) is 0 Å². The Morgan fingerprint density at radius 2 is 1.41 bits per heavy atom. The Bertz CT molecular complexity index is 508. The molecular weight excluding hydrogens is 254 g/mol. The molecule has 0 aliphatic carbocycles. The van der Waals surface area contributed by atoms with Crippen LogP contribution in [-0.2, 0) is 0 Å². The summed E-state index contributed by atoms with van der Waals surface area (Å²) in [5.41, 5.74) is 19.3. The van der Waals surface area contributed by atoms with Crippen molar-refractivity contribution in [3.63, 3.8) is 0 Å². The first kappa shape index (κ1) is 12.0. The van der Waals surface area contributed by atoms with Crippen LogP contribution in [0.1, 0.15) is 0 Å². The van der Waals surface area contributed by atoms with Crippen LogP contribution in [0.3, 0.4) is 0 Å². The summed E-state index contributed by atoms with van der Waals surface area (Å²) >= 11 is 7.54. The second-order valence-electron chi connectivity index (χ2n) is 3.59. The molecule has 2 aromatic rings. The molecule has 88 valence electrons. The fourth-order valence-corrected chi connectivity index (χ4v) is 2.57. The lowest BCUT2D eigenvalue weighted by Crippen LogP contribution is -1.92. The van der Waals surface area contributed by atoms with E-state index < -0.39 is 0 Å². The largest absolute Gasteiger partial charge is 0.399 e. The standard InChI is InChI=1S/C12H12ClN3S/c13-9-3-1-7(14)5-11(9)17-12-6-8(15)2-4-10(12)16/h1-6H,14-16H2. The van der Waals surface area contributed by atoms with Gasteiger partial charge in [0.15, 0.2) is 0 Å². The van der Waals surface area contributed by atoms with Crippen molar-refractivity contribution in [2.24, 2.45) is 0 Å². The van der Waals surface area contributed by atoms with Crippen molar-refractivity contribution in [3.8, 4) is 0 Å². The monoisotopic (exact) mass is 265 g/mol. The normalized spacial score (nSPS) is 10.4. The number of anilines is 3. The second kappa shape index (κ2) is 4.77. The van der Waals surface area contributed by atoms with E-state index in [4.69, 9.17) is 28.8 Å². The molecule has 0 aromatic heterocycles. The molecule has 0 saturated heterocycles. The highest BCUT2D eigenvalue weighted by molar-refractivity contribution is 7.99. The zero-order chi connectivity index (χ0) is 12.4. The van der Waals surface area contributed by atoms with Gasteiger partial charge in [0.25, 0.3) is 0 Å². The molecule has 0 aliphatic heterocycles. The second-order valence-corrected chi connectivity index (χ2v) is 5.08. The van der Waals surface area contributed by atoms with Gasteiger partial charge in [0.1, 0.15) is 0 Å². The molecule has 0 heterocycles. The Kier molecular flexibility index (Phi) is 3.36. The smallest absolute Gasteiger partial charge is 0.0547 e. The van der Waals surface area contributed by atoms with E-state index in [0.29, 0.717) is 22.1 Å². The van der Waals surface area contributed by atoms with E-state index in [9.17, 15) is 0 Å². The summed E-state index contributed by atoms with van der Waals surface area (Å²) < 4.78 is 0. The average Bonchev–Trinajstić information content (AvgIpc) is 2.28. The van der Waals surface area contributed by atoms with Gasteiger partial charge in [0, 0.05) is 26.9 Å². The van der Waals surface area contributed by atoms with Crippen LogP contribution in [0.5, 0.6) is 0 Å². The molecule has 17 heavy (non-hydrogen) atoms. The van der Waals surface area contributed by atoms with Crippen LogP contribution in [0, 0.1) is 0 Å². The number of nitrogen functional groups attached to an aromatic ring is 3. The van der Waals surface area contributed by atoms with Gasteiger partial charge in [0.05, 0.1) is 5.02 Å². The van der Waals surface area contributed by atoms with Crippen LogP contribution >= 0.6 is 23.4 Å². The molecule has 2 aromatic carbocycles. The lowest BCUT2D eigenvalue weighted by molar-refractivity contribution is 1.41. The summed E-state index contributed by atoms with van der Waals surface area (Å²) in [6.45, 7) is 0. The molecule has 2 rings (SSSR count). The highest BCUT2D eigenvalue weighted by atomic mass is 35.5. The van der Waals surface area contributed by atoms with E-state index in [2.05, 4.69) is 0 Å². The third-order valence-corrected chi connectivity index (χ3v) is 3.79. The molecule has 0 fully saturated rings. The van der Waals surface area contributed by atoms with Gasteiger partial charge in [0.2, 0.25) is 0 Å². The molecular formula is C12H12ClN3S.